The first-order chi connectivity index (χ1) is 17.3. The van der Waals surface area contributed by atoms with Gasteiger partial charge in [0, 0.05) is 36.1 Å². The molecule has 1 aromatic heterocycles. The van der Waals surface area contributed by atoms with Crippen molar-refractivity contribution in [3.8, 4) is 5.69 Å². The van der Waals surface area contributed by atoms with Gasteiger partial charge < -0.3 is 10.6 Å². The van der Waals surface area contributed by atoms with E-state index in [1.54, 1.807) is 29.2 Å². The van der Waals surface area contributed by atoms with E-state index in [0.717, 1.165) is 43.0 Å². The highest BCUT2D eigenvalue weighted by Gasteiger charge is 2.46. The molecule has 36 heavy (non-hydrogen) atoms. The molecule has 2 aliphatic heterocycles. The first kappa shape index (κ1) is 24.1. The molecule has 2 N–H and O–H groups in total. The number of carbonyl (C=O) groups is 2. The van der Waals surface area contributed by atoms with Gasteiger partial charge in [0.2, 0.25) is 5.91 Å². The summed E-state index contributed by atoms with van der Waals surface area (Å²) in [6.07, 6.45) is 5.35. The monoisotopic (exact) mass is 494 g/mol. The molecular formula is C27H28F2N4O3. The van der Waals surface area contributed by atoms with Crippen LogP contribution in [0.25, 0.3) is 16.5 Å². The fourth-order valence-electron chi connectivity index (χ4n) is 5.61. The molecular weight excluding hydrogens is 466 g/mol. The maximum Gasteiger partial charge on any atom is 0.263 e. The number of hydrogen-bond acceptors (Lipinski definition) is 4. The Bertz CT molecular complexity index is 1390. The highest BCUT2D eigenvalue weighted by atomic mass is 19.1. The predicted octanol–water partition coefficient (Wildman–Crippen LogP) is 3.21. The molecule has 7 nitrogen and oxygen atoms in total. The van der Waals surface area contributed by atoms with Crippen molar-refractivity contribution in [2.45, 2.75) is 37.6 Å². The Morgan fingerprint density at radius 1 is 0.889 bits per heavy atom. The zero-order valence-electron chi connectivity index (χ0n) is 19.9. The summed E-state index contributed by atoms with van der Waals surface area (Å²) in [4.78, 5) is 43.3. The Hall–Kier alpha value is -3.59. The molecule has 0 radical (unpaired) electrons. The maximum atomic E-state index is 14.6. The molecule has 2 saturated heterocycles. The number of aromatic nitrogens is 1. The van der Waals surface area contributed by atoms with Crippen LogP contribution in [-0.4, -0.2) is 57.9 Å². The van der Waals surface area contributed by atoms with E-state index in [-0.39, 0.29) is 28.5 Å². The Morgan fingerprint density at radius 3 is 2.19 bits per heavy atom. The number of halogens is 2. The molecule has 2 aromatic carbocycles. The summed E-state index contributed by atoms with van der Waals surface area (Å²) >= 11 is 0. The first-order valence-electron chi connectivity index (χ1n) is 12.3. The summed E-state index contributed by atoms with van der Waals surface area (Å²) < 4.78 is 29.1. The fourth-order valence-corrected chi connectivity index (χ4v) is 5.61. The molecule has 0 saturated carbocycles. The lowest BCUT2D eigenvalue weighted by molar-refractivity contribution is -0.134. The minimum absolute atomic E-state index is 0.141. The van der Waals surface area contributed by atoms with Gasteiger partial charge in [-0.2, -0.15) is 0 Å². The van der Waals surface area contributed by atoms with Gasteiger partial charge in [-0.05, 0) is 57.0 Å². The standard InChI is InChI=1S/C27H28F2N4O3/c28-18-8-9-23(22(29)16-18)33-17-21(19-6-2-3-7-20(19)25(33)35)24(34)31-14-10-27(11-15-31,26(30)36)32-12-4-1-5-13-32/h2-3,6-9,16-17H,1,4-5,10-15H2,(H2,30,36). The fraction of sp³-hybridized carbons (Fsp3) is 0.370. The van der Waals surface area contributed by atoms with Crippen molar-refractivity contribution in [2.75, 3.05) is 26.2 Å². The number of piperidine rings is 2. The molecule has 0 atom stereocenters. The lowest BCUT2D eigenvalue weighted by atomic mass is 9.83. The quantitative estimate of drug-likeness (QED) is 0.603. The van der Waals surface area contributed by atoms with E-state index < -0.39 is 22.7 Å². The second-order valence-corrected chi connectivity index (χ2v) is 9.59. The van der Waals surface area contributed by atoms with E-state index in [9.17, 15) is 23.2 Å². The minimum Gasteiger partial charge on any atom is -0.368 e. The number of primary amides is 1. The molecule has 5 rings (SSSR count). The van der Waals surface area contributed by atoms with Crippen molar-refractivity contribution in [2.24, 2.45) is 5.73 Å². The van der Waals surface area contributed by atoms with Crippen molar-refractivity contribution in [3.05, 3.63) is 76.2 Å². The molecule has 9 heteroatoms. The second kappa shape index (κ2) is 9.46. The van der Waals surface area contributed by atoms with Gasteiger partial charge in [-0.25, -0.2) is 8.78 Å². The van der Waals surface area contributed by atoms with Gasteiger partial charge in [-0.15, -0.1) is 0 Å². The van der Waals surface area contributed by atoms with Crippen LogP contribution in [0.1, 0.15) is 42.5 Å². The van der Waals surface area contributed by atoms with Crippen molar-refractivity contribution in [1.29, 1.82) is 0 Å². The third-order valence-electron chi connectivity index (χ3n) is 7.62. The van der Waals surface area contributed by atoms with Crippen LogP contribution < -0.4 is 11.3 Å². The zero-order valence-corrected chi connectivity index (χ0v) is 19.9. The zero-order chi connectivity index (χ0) is 25.4. The van der Waals surface area contributed by atoms with Crippen LogP contribution in [0.3, 0.4) is 0 Å². The third kappa shape index (κ3) is 4.07. The number of carbonyl (C=O) groups excluding carboxylic acids is 2. The summed E-state index contributed by atoms with van der Waals surface area (Å²) in [6.45, 7) is 2.29. The third-order valence-corrected chi connectivity index (χ3v) is 7.62. The highest BCUT2D eigenvalue weighted by Crippen LogP contribution is 2.32. The highest BCUT2D eigenvalue weighted by molar-refractivity contribution is 6.06. The number of nitrogens with zero attached hydrogens (tertiary/aromatic N) is 3. The Morgan fingerprint density at radius 2 is 1.56 bits per heavy atom. The number of hydrogen-bond donors (Lipinski definition) is 1. The number of benzene rings is 2. The average Bonchev–Trinajstić information content (AvgIpc) is 2.89. The normalized spacial score (nSPS) is 18.3. The van der Waals surface area contributed by atoms with Gasteiger partial charge in [0.25, 0.3) is 11.5 Å². The van der Waals surface area contributed by atoms with Gasteiger partial charge in [-0.3, -0.25) is 23.9 Å². The summed E-state index contributed by atoms with van der Waals surface area (Å²) in [5, 5.41) is 0.706. The van der Waals surface area contributed by atoms with E-state index >= 15 is 0 Å². The summed E-state index contributed by atoms with van der Waals surface area (Å²) in [5.41, 5.74) is 4.70. The van der Waals surface area contributed by atoms with E-state index in [1.165, 1.54) is 12.3 Å². The average molecular weight is 495 g/mol. The van der Waals surface area contributed by atoms with Crippen LogP contribution >= 0.6 is 0 Å². The molecule has 0 aliphatic carbocycles. The number of fused-ring (bicyclic) bond motifs is 1. The van der Waals surface area contributed by atoms with Crippen molar-refractivity contribution in [3.63, 3.8) is 0 Å². The maximum absolute atomic E-state index is 14.6. The first-order valence-corrected chi connectivity index (χ1v) is 12.3. The molecule has 0 unspecified atom stereocenters. The van der Waals surface area contributed by atoms with E-state index in [0.29, 0.717) is 37.4 Å². The topological polar surface area (TPSA) is 88.6 Å². The van der Waals surface area contributed by atoms with Crippen molar-refractivity contribution in [1.82, 2.24) is 14.4 Å². The van der Waals surface area contributed by atoms with Crippen LogP contribution in [0, 0.1) is 11.6 Å². The van der Waals surface area contributed by atoms with Crippen molar-refractivity contribution >= 4 is 22.6 Å². The lowest BCUT2D eigenvalue weighted by Crippen LogP contribution is -2.63. The SMILES string of the molecule is NC(=O)C1(N2CCCCC2)CCN(C(=O)c2cn(-c3ccc(F)cc3F)c(=O)c3ccccc23)CC1. The van der Waals surface area contributed by atoms with Crippen molar-refractivity contribution < 1.29 is 18.4 Å². The number of pyridine rings is 1. The molecule has 2 fully saturated rings. The van der Waals surface area contributed by atoms with Crippen LogP contribution in [0.5, 0.6) is 0 Å². The number of likely N-dealkylation sites (tertiary alicyclic amines) is 2. The summed E-state index contributed by atoms with van der Waals surface area (Å²) in [5.74, 6) is -2.35. The molecule has 0 spiro atoms. The summed E-state index contributed by atoms with van der Waals surface area (Å²) in [6, 6.07) is 9.60. The van der Waals surface area contributed by atoms with Crippen LogP contribution in [0.4, 0.5) is 8.78 Å². The summed E-state index contributed by atoms with van der Waals surface area (Å²) in [7, 11) is 0. The predicted molar refractivity (Wildman–Crippen MR) is 132 cm³/mol. The van der Waals surface area contributed by atoms with E-state index in [1.807, 2.05) is 0 Å². The van der Waals surface area contributed by atoms with E-state index in [2.05, 4.69) is 4.90 Å². The van der Waals surface area contributed by atoms with Crippen LogP contribution in [0.15, 0.2) is 53.5 Å². The number of nitrogens with two attached hydrogens (primary N) is 1. The second-order valence-electron chi connectivity index (χ2n) is 9.59. The minimum atomic E-state index is -0.906. The van der Waals surface area contributed by atoms with Crippen LogP contribution in [-0.2, 0) is 4.79 Å². The van der Waals surface area contributed by atoms with Gasteiger partial charge >= 0.3 is 0 Å². The molecule has 188 valence electrons. The molecule has 2 amide bonds. The van der Waals surface area contributed by atoms with Gasteiger partial charge in [0.05, 0.1) is 11.3 Å². The Balaban J connectivity index is 1.51. The largest absolute Gasteiger partial charge is 0.368 e. The van der Waals surface area contributed by atoms with Gasteiger partial charge in [0.15, 0.2) is 0 Å². The van der Waals surface area contributed by atoms with Gasteiger partial charge in [-0.1, -0.05) is 24.6 Å². The van der Waals surface area contributed by atoms with Crippen LogP contribution in [0.2, 0.25) is 0 Å². The Labute approximate surface area is 207 Å². The number of rotatable bonds is 4. The smallest absolute Gasteiger partial charge is 0.263 e. The lowest BCUT2D eigenvalue weighted by Gasteiger charge is -2.48. The molecule has 3 heterocycles. The molecule has 2 aliphatic rings. The van der Waals surface area contributed by atoms with E-state index in [4.69, 9.17) is 5.73 Å². The molecule has 0 bridgehead atoms. The number of amides is 2. The Kier molecular flexibility index (Phi) is 6.34. The molecule has 3 aromatic rings. The van der Waals surface area contributed by atoms with Gasteiger partial charge in [0.1, 0.15) is 17.2 Å².